The number of halogens is 1. The first-order chi connectivity index (χ1) is 14.7. The molecule has 0 fully saturated rings. The number of nitrogens with zero attached hydrogens (tertiary/aromatic N) is 2. The number of furan rings is 1. The standard InChI is InChI=1S/C23H15BrN2O2S2/c24-19-10-8-14(28-19)12-18-22(27)26-21(17-6-3-11-29-17)16-9-7-13-4-1-2-5-15(13)20(16)25-23(26)30-18/h1-6,8,10-12,21H,7,9H2/b18-12+/t21-/m1/s1. The molecular formula is C23H15BrN2O2S2. The summed E-state index contributed by atoms with van der Waals surface area (Å²) in [5, 5.41) is 2.07. The van der Waals surface area contributed by atoms with Gasteiger partial charge in [0.05, 0.1) is 16.3 Å². The number of thiazole rings is 1. The van der Waals surface area contributed by atoms with Gasteiger partial charge in [0.25, 0.3) is 5.56 Å². The van der Waals surface area contributed by atoms with E-state index in [9.17, 15) is 4.79 Å². The van der Waals surface area contributed by atoms with Crippen LogP contribution in [0.5, 0.6) is 0 Å². The monoisotopic (exact) mass is 494 g/mol. The second-order valence-electron chi connectivity index (χ2n) is 7.27. The molecule has 0 radical (unpaired) electrons. The molecule has 2 aliphatic rings. The highest BCUT2D eigenvalue weighted by molar-refractivity contribution is 9.10. The third-order valence-corrected chi connectivity index (χ3v) is 7.89. The van der Waals surface area contributed by atoms with Crippen molar-refractivity contribution in [2.45, 2.75) is 18.9 Å². The van der Waals surface area contributed by atoms with E-state index in [4.69, 9.17) is 9.41 Å². The quantitative estimate of drug-likeness (QED) is 0.404. The molecule has 0 saturated heterocycles. The molecular weight excluding hydrogens is 480 g/mol. The van der Waals surface area contributed by atoms with Crippen molar-refractivity contribution in [1.29, 1.82) is 0 Å². The molecule has 3 aromatic heterocycles. The lowest BCUT2D eigenvalue weighted by atomic mass is 9.85. The van der Waals surface area contributed by atoms with Gasteiger partial charge in [-0.15, -0.1) is 11.3 Å². The molecule has 0 unspecified atom stereocenters. The molecule has 4 aromatic rings. The Labute approximate surface area is 188 Å². The first kappa shape index (κ1) is 18.3. The van der Waals surface area contributed by atoms with E-state index in [1.54, 1.807) is 17.4 Å². The van der Waals surface area contributed by atoms with E-state index in [1.165, 1.54) is 32.9 Å². The van der Waals surface area contributed by atoms with Crippen molar-refractivity contribution < 1.29 is 4.42 Å². The number of hydrogen-bond acceptors (Lipinski definition) is 5. The van der Waals surface area contributed by atoms with Crippen molar-refractivity contribution in [2.24, 2.45) is 4.99 Å². The minimum absolute atomic E-state index is 0.0184. The predicted molar refractivity (Wildman–Crippen MR) is 123 cm³/mol. The maximum atomic E-state index is 13.5. The van der Waals surface area contributed by atoms with Crippen LogP contribution >= 0.6 is 38.6 Å². The second-order valence-corrected chi connectivity index (χ2v) is 10.0. The van der Waals surface area contributed by atoms with Gasteiger partial charge in [-0.05, 0) is 63.5 Å². The summed E-state index contributed by atoms with van der Waals surface area (Å²) in [6, 6.07) is 16.2. The minimum atomic E-state index is -0.102. The van der Waals surface area contributed by atoms with Gasteiger partial charge < -0.3 is 4.42 Å². The molecule has 30 heavy (non-hydrogen) atoms. The molecule has 1 aliphatic heterocycles. The zero-order valence-corrected chi connectivity index (χ0v) is 18.9. The Bertz CT molecular complexity index is 1490. The number of rotatable bonds is 2. The highest BCUT2D eigenvalue weighted by Gasteiger charge is 2.32. The lowest BCUT2D eigenvalue weighted by Crippen LogP contribution is -2.38. The molecule has 0 spiro atoms. The van der Waals surface area contributed by atoms with Gasteiger partial charge in [0.15, 0.2) is 9.47 Å². The van der Waals surface area contributed by atoms with Gasteiger partial charge in [0.1, 0.15) is 5.76 Å². The Morgan fingerprint density at radius 3 is 2.83 bits per heavy atom. The molecule has 0 bridgehead atoms. The Hall–Kier alpha value is -2.48. The molecule has 148 valence electrons. The van der Waals surface area contributed by atoms with Gasteiger partial charge in [-0.2, -0.15) is 0 Å². The summed E-state index contributed by atoms with van der Waals surface area (Å²) in [7, 11) is 0. The number of aromatic nitrogens is 1. The zero-order valence-electron chi connectivity index (χ0n) is 15.7. The van der Waals surface area contributed by atoms with Gasteiger partial charge in [0, 0.05) is 16.5 Å². The molecule has 4 nitrogen and oxygen atoms in total. The molecule has 4 heterocycles. The summed E-state index contributed by atoms with van der Waals surface area (Å²) in [5.74, 6) is 0.647. The van der Waals surface area contributed by atoms with E-state index in [2.05, 4.69) is 51.6 Å². The molecule has 7 heteroatoms. The van der Waals surface area contributed by atoms with Crippen LogP contribution in [-0.2, 0) is 6.42 Å². The van der Waals surface area contributed by atoms with Crippen LogP contribution in [0.1, 0.15) is 34.2 Å². The third kappa shape index (κ3) is 2.84. The Morgan fingerprint density at radius 2 is 2.03 bits per heavy atom. The highest BCUT2D eigenvalue weighted by Crippen LogP contribution is 2.42. The average Bonchev–Trinajstić information content (AvgIpc) is 3.49. The lowest BCUT2D eigenvalue weighted by Gasteiger charge is -2.30. The lowest BCUT2D eigenvalue weighted by molar-refractivity contribution is 0.531. The van der Waals surface area contributed by atoms with Crippen LogP contribution in [0.2, 0.25) is 0 Å². The molecule has 0 N–H and O–H groups in total. The smallest absolute Gasteiger partial charge is 0.271 e. The summed E-state index contributed by atoms with van der Waals surface area (Å²) < 4.78 is 8.74. The van der Waals surface area contributed by atoms with E-state index in [0.29, 0.717) is 15.0 Å². The summed E-state index contributed by atoms with van der Waals surface area (Å²) in [6.07, 6.45) is 3.68. The van der Waals surface area contributed by atoms with Gasteiger partial charge in [0.2, 0.25) is 0 Å². The summed E-state index contributed by atoms with van der Waals surface area (Å²) in [5.41, 5.74) is 4.76. The van der Waals surface area contributed by atoms with Crippen LogP contribution in [0.25, 0.3) is 11.8 Å². The largest absolute Gasteiger partial charge is 0.450 e. The van der Waals surface area contributed by atoms with Crippen LogP contribution in [-0.4, -0.2) is 4.57 Å². The maximum Gasteiger partial charge on any atom is 0.271 e. The van der Waals surface area contributed by atoms with E-state index >= 15 is 0 Å². The van der Waals surface area contributed by atoms with Gasteiger partial charge >= 0.3 is 0 Å². The van der Waals surface area contributed by atoms with Crippen LogP contribution in [0.3, 0.4) is 0 Å². The number of benzene rings is 1. The summed E-state index contributed by atoms with van der Waals surface area (Å²) in [4.78, 5) is 20.4. The van der Waals surface area contributed by atoms with E-state index < -0.39 is 0 Å². The fraction of sp³-hybridized carbons (Fsp3) is 0.130. The predicted octanol–water partition coefficient (Wildman–Crippen LogP) is 4.74. The first-order valence-corrected chi connectivity index (χ1v) is 12.1. The molecule has 6 rings (SSSR count). The zero-order chi connectivity index (χ0) is 20.2. The first-order valence-electron chi connectivity index (χ1n) is 9.61. The number of hydrogen-bond donors (Lipinski definition) is 0. The summed E-state index contributed by atoms with van der Waals surface area (Å²) in [6.45, 7) is 0. The van der Waals surface area contributed by atoms with Gasteiger partial charge in [-0.3, -0.25) is 9.36 Å². The molecule has 0 amide bonds. The van der Waals surface area contributed by atoms with E-state index in [-0.39, 0.29) is 11.6 Å². The number of fused-ring (bicyclic) bond motifs is 3. The number of allylic oxidation sites excluding steroid dienone is 1. The van der Waals surface area contributed by atoms with Crippen molar-refractivity contribution in [1.82, 2.24) is 4.57 Å². The van der Waals surface area contributed by atoms with Crippen molar-refractivity contribution in [3.63, 3.8) is 0 Å². The van der Waals surface area contributed by atoms with Crippen molar-refractivity contribution in [3.8, 4) is 0 Å². The SMILES string of the molecule is O=c1/c(=C\c2ccc(Br)o2)sc2n1[C@@H](c1cccs1)C1=C(N=2)c2ccccc2CC1. The molecule has 1 atom stereocenters. The van der Waals surface area contributed by atoms with Gasteiger partial charge in [-0.25, -0.2) is 4.99 Å². The maximum absolute atomic E-state index is 13.5. The Balaban J connectivity index is 1.64. The van der Waals surface area contributed by atoms with Crippen LogP contribution in [0, 0.1) is 0 Å². The molecule has 1 aromatic carbocycles. The van der Waals surface area contributed by atoms with Crippen molar-refractivity contribution >= 4 is 50.4 Å². The summed E-state index contributed by atoms with van der Waals surface area (Å²) >= 11 is 6.43. The van der Waals surface area contributed by atoms with E-state index in [0.717, 1.165) is 23.3 Å². The second kappa shape index (κ2) is 7.04. The normalized spacial score (nSPS) is 18.0. The van der Waals surface area contributed by atoms with Crippen LogP contribution < -0.4 is 14.9 Å². The fourth-order valence-corrected chi connectivity index (χ4v) is 6.40. The van der Waals surface area contributed by atoms with Crippen LogP contribution in [0.15, 0.2) is 78.4 Å². The van der Waals surface area contributed by atoms with Crippen molar-refractivity contribution in [2.75, 3.05) is 0 Å². The Kier molecular flexibility index (Phi) is 4.30. The van der Waals surface area contributed by atoms with E-state index in [1.807, 2.05) is 22.8 Å². The highest BCUT2D eigenvalue weighted by atomic mass is 79.9. The van der Waals surface area contributed by atoms with Crippen molar-refractivity contribution in [3.05, 3.63) is 106 Å². The van der Waals surface area contributed by atoms with Crippen LogP contribution in [0.4, 0.5) is 0 Å². The van der Waals surface area contributed by atoms with Gasteiger partial charge in [-0.1, -0.05) is 41.7 Å². The minimum Gasteiger partial charge on any atom is -0.450 e. The average molecular weight is 495 g/mol. The molecule has 1 aliphatic carbocycles. The topological polar surface area (TPSA) is 47.5 Å². The molecule has 0 saturated carbocycles. The fourth-order valence-electron chi connectivity index (χ4n) is 4.25. The number of thiophene rings is 1. The Morgan fingerprint density at radius 1 is 1.13 bits per heavy atom. The third-order valence-electron chi connectivity index (χ3n) is 5.55. The number of aryl methyl sites for hydroxylation is 1.